The van der Waals surface area contributed by atoms with Crippen molar-refractivity contribution >= 4 is 17.3 Å². The van der Waals surface area contributed by atoms with Gasteiger partial charge in [-0.15, -0.1) is 0 Å². The summed E-state index contributed by atoms with van der Waals surface area (Å²) in [5.41, 5.74) is 0.850. The highest BCUT2D eigenvalue weighted by Gasteiger charge is 2.15. The maximum atomic E-state index is 5.38. The Morgan fingerprint density at radius 1 is 1.38 bits per heavy atom. The molecule has 1 saturated heterocycles. The van der Waals surface area contributed by atoms with E-state index < -0.39 is 0 Å². The van der Waals surface area contributed by atoms with Gasteiger partial charge in [-0.05, 0) is 6.92 Å². The molecule has 0 saturated carbocycles. The molecule has 3 rings (SSSR count). The largest absolute Gasteiger partial charge is 0.379 e. The van der Waals surface area contributed by atoms with Crippen molar-refractivity contribution < 1.29 is 4.74 Å². The topological polar surface area (TPSA) is 66.7 Å². The van der Waals surface area contributed by atoms with Crippen LogP contribution < -0.4 is 10.6 Å². The first-order valence-electron chi connectivity index (χ1n) is 7.34. The lowest BCUT2D eigenvalue weighted by Gasteiger charge is -2.29. The van der Waals surface area contributed by atoms with E-state index in [-0.39, 0.29) is 0 Å². The molecule has 2 aromatic rings. The lowest BCUT2D eigenvalue weighted by atomic mass is 10.3. The molecule has 0 amide bonds. The molecule has 2 N–H and O–H groups in total. The molecule has 0 radical (unpaired) electrons. The number of fused-ring (bicyclic) bond motifs is 1. The van der Waals surface area contributed by atoms with Gasteiger partial charge < -0.3 is 19.8 Å². The number of hydrogen-bond acceptors (Lipinski definition) is 6. The van der Waals surface area contributed by atoms with Crippen LogP contribution in [0, 0.1) is 0 Å². The maximum absolute atomic E-state index is 5.38. The zero-order valence-corrected chi connectivity index (χ0v) is 12.5. The Bertz CT molecular complexity index is 592. The van der Waals surface area contributed by atoms with Crippen molar-refractivity contribution in [2.75, 3.05) is 50.5 Å². The molecule has 0 bridgehead atoms. The summed E-state index contributed by atoms with van der Waals surface area (Å²) < 4.78 is 7.36. The molecular weight excluding hydrogens is 268 g/mol. The van der Waals surface area contributed by atoms with E-state index in [9.17, 15) is 0 Å². The summed E-state index contributed by atoms with van der Waals surface area (Å²) in [6.07, 6.45) is 5.64. The Morgan fingerprint density at radius 3 is 2.95 bits per heavy atom. The molecule has 3 heterocycles. The molecule has 1 aliphatic rings. The number of anilines is 2. The molecule has 7 nitrogen and oxygen atoms in total. The van der Waals surface area contributed by atoms with Crippen LogP contribution in [0.25, 0.3) is 5.65 Å². The van der Waals surface area contributed by atoms with Crippen molar-refractivity contribution in [2.24, 2.45) is 0 Å². The third-order valence-electron chi connectivity index (χ3n) is 3.65. The number of imidazole rings is 1. The molecule has 1 aliphatic heterocycles. The van der Waals surface area contributed by atoms with Crippen molar-refractivity contribution in [3.63, 3.8) is 0 Å². The number of nitrogens with zero attached hydrogens (tertiary/aromatic N) is 4. The standard InChI is InChI=1S/C14H22N6O/c1-11(9-19-5-7-21-8-6-19)17-13-14-16-3-4-20(14)10-12(15-2)18-13/h3-4,10-11,15H,5-9H2,1-2H3,(H,17,18). The Kier molecular flexibility index (Phi) is 4.21. The van der Waals surface area contributed by atoms with E-state index in [4.69, 9.17) is 4.74 Å². The van der Waals surface area contributed by atoms with Crippen molar-refractivity contribution in [3.05, 3.63) is 18.6 Å². The van der Waals surface area contributed by atoms with E-state index >= 15 is 0 Å². The van der Waals surface area contributed by atoms with Gasteiger partial charge in [-0.1, -0.05) is 0 Å². The second kappa shape index (κ2) is 6.28. The van der Waals surface area contributed by atoms with Crippen LogP contribution in [0.5, 0.6) is 0 Å². The highest BCUT2D eigenvalue weighted by atomic mass is 16.5. The molecule has 1 atom stereocenters. The number of rotatable bonds is 5. The molecule has 1 fully saturated rings. The van der Waals surface area contributed by atoms with Crippen molar-refractivity contribution in [3.8, 4) is 0 Å². The van der Waals surface area contributed by atoms with E-state index in [1.165, 1.54) is 0 Å². The Balaban J connectivity index is 1.72. The second-order valence-corrected chi connectivity index (χ2v) is 5.34. The predicted octanol–water partition coefficient (Wildman–Crippen LogP) is 0.904. The molecule has 7 heteroatoms. The minimum atomic E-state index is 0.295. The summed E-state index contributed by atoms with van der Waals surface area (Å²) in [6.45, 7) is 6.78. The first-order valence-corrected chi connectivity index (χ1v) is 7.34. The molecule has 0 spiro atoms. The number of nitrogens with one attached hydrogen (secondary N) is 2. The zero-order valence-electron chi connectivity index (χ0n) is 12.5. The Morgan fingerprint density at radius 2 is 2.19 bits per heavy atom. The van der Waals surface area contributed by atoms with Crippen LogP contribution in [0.3, 0.4) is 0 Å². The summed E-state index contributed by atoms with van der Waals surface area (Å²) in [7, 11) is 1.87. The van der Waals surface area contributed by atoms with E-state index in [0.717, 1.165) is 50.1 Å². The third kappa shape index (κ3) is 3.25. The van der Waals surface area contributed by atoms with Gasteiger partial charge in [0.25, 0.3) is 0 Å². The van der Waals surface area contributed by atoms with Crippen LogP contribution in [0.15, 0.2) is 18.6 Å². The van der Waals surface area contributed by atoms with Gasteiger partial charge in [-0.25, -0.2) is 9.97 Å². The van der Waals surface area contributed by atoms with Crippen LogP contribution in [0.4, 0.5) is 11.6 Å². The summed E-state index contributed by atoms with van der Waals surface area (Å²) in [6, 6.07) is 0.295. The van der Waals surface area contributed by atoms with Crippen molar-refractivity contribution in [1.29, 1.82) is 0 Å². The smallest absolute Gasteiger partial charge is 0.180 e. The van der Waals surface area contributed by atoms with Gasteiger partial charge in [0.05, 0.1) is 19.4 Å². The van der Waals surface area contributed by atoms with Crippen LogP contribution in [-0.2, 0) is 4.74 Å². The number of morpholine rings is 1. The predicted molar refractivity (Wildman–Crippen MR) is 82.9 cm³/mol. The molecule has 0 aromatic carbocycles. The van der Waals surface area contributed by atoms with Gasteiger partial charge >= 0.3 is 0 Å². The SMILES string of the molecule is CNc1cn2ccnc2c(NC(C)CN2CCOCC2)n1. The van der Waals surface area contributed by atoms with Crippen LogP contribution in [0.2, 0.25) is 0 Å². The highest BCUT2D eigenvalue weighted by molar-refractivity contribution is 5.65. The van der Waals surface area contributed by atoms with Gasteiger partial charge in [0.15, 0.2) is 11.5 Å². The van der Waals surface area contributed by atoms with E-state index in [1.54, 1.807) is 6.20 Å². The fraction of sp³-hybridized carbons (Fsp3) is 0.571. The van der Waals surface area contributed by atoms with Crippen LogP contribution in [0.1, 0.15) is 6.92 Å². The molecule has 114 valence electrons. The zero-order chi connectivity index (χ0) is 14.7. The lowest BCUT2D eigenvalue weighted by Crippen LogP contribution is -2.42. The normalized spacial score (nSPS) is 17.8. The average Bonchev–Trinajstić information content (AvgIpc) is 2.96. The maximum Gasteiger partial charge on any atom is 0.180 e. The van der Waals surface area contributed by atoms with Crippen molar-refractivity contribution in [1.82, 2.24) is 19.3 Å². The number of ether oxygens (including phenoxy) is 1. The number of aromatic nitrogens is 3. The van der Waals surface area contributed by atoms with E-state index in [1.807, 2.05) is 23.8 Å². The fourth-order valence-electron chi connectivity index (χ4n) is 2.60. The van der Waals surface area contributed by atoms with Crippen LogP contribution >= 0.6 is 0 Å². The first kappa shape index (κ1) is 14.1. The Labute approximate surface area is 124 Å². The van der Waals surface area contributed by atoms with Gasteiger partial charge in [-0.3, -0.25) is 4.90 Å². The van der Waals surface area contributed by atoms with E-state index in [2.05, 4.69) is 32.4 Å². The number of hydrogen-bond donors (Lipinski definition) is 2. The summed E-state index contributed by atoms with van der Waals surface area (Å²) in [5.74, 6) is 1.63. The highest BCUT2D eigenvalue weighted by Crippen LogP contribution is 2.17. The molecular formula is C14H22N6O. The summed E-state index contributed by atoms with van der Waals surface area (Å²) >= 11 is 0. The minimum absolute atomic E-state index is 0.295. The summed E-state index contributed by atoms with van der Waals surface area (Å²) in [4.78, 5) is 11.4. The third-order valence-corrected chi connectivity index (χ3v) is 3.65. The van der Waals surface area contributed by atoms with E-state index in [0.29, 0.717) is 6.04 Å². The second-order valence-electron chi connectivity index (χ2n) is 5.34. The molecule has 21 heavy (non-hydrogen) atoms. The van der Waals surface area contributed by atoms with Crippen LogP contribution in [-0.4, -0.2) is 65.2 Å². The van der Waals surface area contributed by atoms with Crippen molar-refractivity contribution in [2.45, 2.75) is 13.0 Å². The lowest BCUT2D eigenvalue weighted by molar-refractivity contribution is 0.0368. The molecule has 2 aromatic heterocycles. The monoisotopic (exact) mass is 290 g/mol. The quantitative estimate of drug-likeness (QED) is 0.853. The van der Waals surface area contributed by atoms with Gasteiger partial charge in [-0.2, -0.15) is 0 Å². The molecule has 1 unspecified atom stereocenters. The van der Waals surface area contributed by atoms with Gasteiger partial charge in [0.2, 0.25) is 0 Å². The Hall–Kier alpha value is -1.86. The average molecular weight is 290 g/mol. The van der Waals surface area contributed by atoms with Gasteiger partial charge in [0, 0.05) is 45.1 Å². The minimum Gasteiger partial charge on any atom is -0.379 e. The first-order chi connectivity index (χ1) is 10.3. The van der Waals surface area contributed by atoms with Gasteiger partial charge in [0.1, 0.15) is 5.82 Å². The summed E-state index contributed by atoms with van der Waals surface area (Å²) in [5, 5.41) is 6.55. The fourth-order valence-corrected chi connectivity index (χ4v) is 2.60. The molecule has 0 aliphatic carbocycles.